The Morgan fingerprint density at radius 1 is 1.50 bits per heavy atom. The molecule has 0 aliphatic heterocycles. The average molecular weight is 314 g/mol. The van der Waals surface area contributed by atoms with Crippen LogP contribution in [0.1, 0.15) is 36.7 Å². The third-order valence-corrected chi connectivity index (χ3v) is 3.79. The number of aryl methyl sites for hydroxylation is 1. The topological polar surface area (TPSA) is 49.3 Å². The van der Waals surface area contributed by atoms with E-state index in [0.717, 1.165) is 10.0 Å². The highest BCUT2D eigenvalue weighted by atomic mass is 79.9. The van der Waals surface area contributed by atoms with Crippen molar-refractivity contribution in [1.29, 1.82) is 0 Å². The van der Waals surface area contributed by atoms with Crippen molar-refractivity contribution < 1.29 is 9.90 Å². The summed E-state index contributed by atoms with van der Waals surface area (Å²) >= 11 is 3.35. The molecule has 1 unspecified atom stereocenters. The first kappa shape index (κ1) is 15.2. The number of aliphatic hydroxyl groups is 1. The number of hydrogen-bond donors (Lipinski definition) is 2. The number of halogens is 1. The molecule has 3 nitrogen and oxygen atoms in total. The molecule has 100 valence electrons. The molecule has 0 radical (unpaired) electrons. The number of rotatable bonds is 4. The second-order valence-electron chi connectivity index (χ2n) is 5.15. The standard InChI is InChI=1S/C14H20BrNO2/c1-9(2)14(4,18)8-16-13(17)12-7-11(15)6-5-10(12)3/h5-7,9,18H,8H2,1-4H3,(H,16,17). The van der Waals surface area contributed by atoms with Gasteiger partial charge in [0.15, 0.2) is 0 Å². The lowest BCUT2D eigenvalue weighted by Gasteiger charge is -2.27. The molecule has 0 bridgehead atoms. The van der Waals surface area contributed by atoms with Crippen molar-refractivity contribution in [1.82, 2.24) is 5.32 Å². The second kappa shape index (κ2) is 5.85. The van der Waals surface area contributed by atoms with Crippen molar-refractivity contribution in [2.75, 3.05) is 6.54 Å². The molecule has 0 fully saturated rings. The molecular weight excluding hydrogens is 294 g/mol. The lowest BCUT2D eigenvalue weighted by Crippen LogP contribution is -2.44. The van der Waals surface area contributed by atoms with Crippen LogP contribution < -0.4 is 5.32 Å². The van der Waals surface area contributed by atoms with Crippen LogP contribution in [0.4, 0.5) is 0 Å². The molecule has 1 rings (SSSR count). The number of amides is 1. The van der Waals surface area contributed by atoms with Gasteiger partial charge in [-0.1, -0.05) is 35.8 Å². The number of carbonyl (C=O) groups excluding carboxylic acids is 1. The van der Waals surface area contributed by atoms with E-state index in [2.05, 4.69) is 21.2 Å². The first-order valence-electron chi connectivity index (χ1n) is 6.01. The van der Waals surface area contributed by atoms with E-state index in [1.807, 2.05) is 32.9 Å². The Bertz CT molecular complexity index is 441. The van der Waals surface area contributed by atoms with E-state index in [0.29, 0.717) is 5.56 Å². The van der Waals surface area contributed by atoms with E-state index < -0.39 is 5.60 Å². The van der Waals surface area contributed by atoms with Crippen molar-refractivity contribution >= 4 is 21.8 Å². The zero-order valence-electron chi connectivity index (χ0n) is 11.2. The minimum Gasteiger partial charge on any atom is -0.388 e. The Morgan fingerprint density at radius 3 is 2.67 bits per heavy atom. The summed E-state index contributed by atoms with van der Waals surface area (Å²) in [6, 6.07) is 5.57. The molecule has 0 heterocycles. The molecule has 2 N–H and O–H groups in total. The second-order valence-corrected chi connectivity index (χ2v) is 6.07. The molecule has 0 saturated heterocycles. The number of carbonyl (C=O) groups is 1. The van der Waals surface area contributed by atoms with Gasteiger partial charge in [-0.2, -0.15) is 0 Å². The van der Waals surface area contributed by atoms with Crippen LogP contribution in [0.5, 0.6) is 0 Å². The van der Waals surface area contributed by atoms with Gasteiger partial charge in [-0.3, -0.25) is 4.79 Å². The van der Waals surface area contributed by atoms with Gasteiger partial charge >= 0.3 is 0 Å². The van der Waals surface area contributed by atoms with Gasteiger partial charge in [0.1, 0.15) is 0 Å². The summed E-state index contributed by atoms with van der Waals surface area (Å²) in [5.74, 6) is -0.0730. The maximum Gasteiger partial charge on any atom is 0.251 e. The molecule has 0 saturated carbocycles. The summed E-state index contributed by atoms with van der Waals surface area (Å²) in [4.78, 5) is 12.0. The zero-order valence-corrected chi connectivity index (χ0v) is 12.8. The molecule has 0 spiro atoms. The maximum atomic E-state index is 12.0. The minimum atomic E-state index is -0.893. The summed E-state index contributed by atoms with van der Waals surface area (Å²) in [5, 5.41) is 12.9. The smallest absolute Gasteiger partial charge is 0.251 e. The lowest BCUT2D eigenvalue weighted by atomic mass is 9.92. The van der Waals surface area contributed by atoms with Gasteiger partial charge in [0.25, 0.3) is 5.91 Å². The monoisotopic (exact) mass is 313 g/mol. The average Bonchev–Trinajstić information content (AvgIpc) is 2.29. The Balaban J connectivity index is 2.75. The van der Waals surface area contributed by atoms with Crippen molar-refractivity contribution in [3.63, 3.8) is 0 Å². The molecule has 1 atom stereocenters. The van der Waals surface area contributed by atoms with E-state index in [4.69, 9.17) is 0 Å². The highest BCUT2D eigenvalue weighted by Crippen LogP contribution is 2.17. The maximum absolute atomic E-state index is 12.0. The number of benzene rings is 1. The first-order chi connectivity index (χ1) is 8.24. The van der Waals surface area contributed by atoms with Crippen LogP contribution in [0.2, 0.25) is 0 Å². The fourth-order valence-electron chi connectivity index (χ4n) is 1.40. The molecule has 4 heteroatoms. The minimum absolute atomic E-state index is 0.0846. The van der Waals surface area contributed by atoms with Gasteiger partial charge in [-0.25, -0.2) is 0 Å². The van der Waals surface area contributed by atoms with Crippen molar-refractivity contribution in [3.05, 3.63) is 33.8 Å². The van der Waals surface area contributed by atoms with Crippen LogP contribution in [0.15, 0.2) is 22.7 Å². The van der Waals surface area contributed by atoms with Crippen LogP contribution in [-0.2, 0) is 0 Å². The highest BCUT2D eigenvalue weighted by molar-refractivity contribution is 9.10. The molecule has 0 aromatic heterocycles. The molecule has 1 amide bonds. The van der Waals surface area contributed by atoms with E-state index in [1.54, 1.807) is 13.0 Å². The number of nitrogens with one attached hydrogen (secondary N) is 1. The quantitative estimate of drug-likeness (QED) is 0.898. The molecule has 0 aliphatic carbocycles. The van der Waals surface area contributed by atoms with E-state index in [-0.39, 0.29) is 18.4 Å². The summed E-state index contributed by atoms with van der Waals surface area (Å²) in [5.41, 5.74) is 0.652. The van der Waals surface area contributed by atoms with Crippen LogP contribution in [0, 0.1) is 12.8 Å². The van der Waals surface area contributed by atoms with Gasteiger partial charge in [0.05, 0.1) is 5.60 Å². The van der Waals surface area contributed by atoms with Crippen molar-refractivity contribution in [2.24, 2.45) is 5.92 Å². The van der Waals surface area contributed by atoms with Crippen LogP contribution in [0.3, 0.4) is 0 Å². The Morgan fingerprint density at radius 2 is 2.11 bits per heavy atom. The Labute approximate surface area is 117 Å². The molecule has 18 heavy (non-hydrogen) atoms. The Hall–Kier alpha value is -0.870. The molecule has 1 aromatic carbocycles. The third kappa shape index (κ3) is 3.82. The van der Waals surface area contributed by atoms with Gasteiger partial charge in [-0.05, 0) is 37.5 Å². The zero-order chi connectivity index (χ0) is 13.9. The van der Waals surface area contributed by atoms with Gasteiger partial charge in [0.2, 0.25) is 0 Å². The van der Waals surface area contributed by atoms with Crippen LogP contribution in [0.25, 0.3) is 0 Å². The van der Waals surface area contributed by atoms with Gasteiger partial charge in [0, 0.05) is 16.6 Å². The normalized spacial score (nSPS) is 14.4. The summed E-state index contributed by atoms with van der Waals surface area (Å²) in [6.07, 6.45) is 0. The Kier molecular flexibility index (Phi) is 4.93. The molecule has 1 aromatic rings. The predicted octanol–water partition coefficient (Wildman–Crippen LogP) is 2.89. The largest absolute Gasteiger partial charge is 0.388 e. The fourth-order valence-corrected chi connectivity index (χ4v) is 1.76. The van der Waals surface area contributed by atoms with Crippen LogP contribution >= 0.6 is 15.9 Å². The first-order valence-corrected chi connectivity index (χ1v) is 6.80. The van der Waals surface area contributed by atoms with E-state index in [1.165, 1.54) is 0 Å². The molecular formula is C14H20BrNO2. The SMILES string of the molecule is Cc1ccc(Br)cc1C(=O)NCC(C)(O)C(C)C. The summed E-state index contributed by atoms with van der Waals surface area (Å²) in [7, 11) is 0. The summed E-state index contributed by atoms with van der Waals surface area (Å²) in [6.45, 7) is 7.72. The van der Waals surface area contributed by atoms with Crippen molar-refractivity contribution in [2.45, 2.75) is 33.3 Å². The van der Waals surface area contributed by atoms with E-state index in [9.17, 15) is 9.90 Å². The third-order valence-electron chi connectivity index (χ3n) is 3.29. The predicted molar refractivity (Wildman–Crippen MR) is 76.7 cm³/mol. The lowest BCUT2D eigenvalue weighted by molar-refractivity contribution is 0.0142. The summed E-state index contributed by atoms with van der Waals surface area (Å²) < 4.78 is 0.869. The fraction of sp³-hybridized carbons (Fsp3) is 0.500. The number of hydrogen-bond acceptors (Lipinski definition) is 2. The van der Waals surface area contributed by atoms with E-state index >= 15 is 0 Å². The van der Waals surface area contributed by atoms with Gasteiger partial charge < -0.3 is 10.4 Å². The van der Waals surface area contributed by atoms with Crippen molar-refractivity contribution in [3.8, 4) is 0 Å². The van der Waals surface area contributed by atoms with Crippen LogP contribution in [-0.4, -0.2) is 23.2 Å². The molecule has 0 aliphatic rings. The highest BCUT2D eigenvalue weighted by Gasteiger charge is 2.25. The van der Waals surface area contributed by atoms with Gasteiger partial charge in [-0.15, -0.1) is 0 Å².